The van der Waals surface area contributed by atoms with Gasteiger partial charge in [0.2, 0.25) is 0 Å². The third-order valence-corrected chi connectivity index (χ3v) is 2.41. The van der Waals surface area contributed by atoms with Gasteiger partial charge in [-0.15, -0.1) is 0 Å². The smallest absolute Gasteiger partial charge is 0.411 e. The molecule has 0 saturated heterocycles. The second-order valence-corrected chi connectivity index (χ2v) is 4.47. The fraction of sp³-hybridized carbons (Fsp3) is 0.533. The molecule has 1 N–H and O–H groups in total. The average Bonchev–Trinajstić information content (AvgIpc) is 2.38. The summed E-state index contributed by atoms with van der Waals surface area (Å²) >= 11 is 0. The highest BCUT2D eigenvalue weighted by Gasteiger charge is 2.09. The van der Waals surface area contributed by atoms with E-state index < -0.39 is 6.09 Å². The number of carbonyl (C=O) groups is 1. The average molecular weight is 281 g/mol. The first-order valence-electron chi connectivity index (χ1n) is 6.87. The van der Waals surface area contributed by atoms with Crippen molar-refractivity contribution >= 4 is 11.8 Å². The molecule has 0 aliphatic heterocycles. The van der Waals surface area contributed by atoms with Gasteiger partial charge in [-0.2, -0.15) is 0 Å². The highest BCUT2D eigenvalue weighted by Crippen LogP contribution is 2.24. The van der Waals surface area contributed by atoms with Crippen LogP contribution in [0.1, 0.15) is 33.3 Å². The molecular weight excluding hydrogens is 258 g/mol. The Morgan fingerprint density at radius 2 is 2.00 bits per heavy atom. The van der Waals surface area contributed by atoms with Crippen molar-refractivity contribution < 1.29 is 19.0 Å². The molecule has 0 bridgehead atoms. The molecule has 0 aliphatic rings. The molecule has 5 nitrogen and oxygen atoms in total. The quantitative estimate of drug-likeness (QED) is 0.830. The van der Waals surface area contributed by atoms with Crippen molar-refractivity contribution in [2.75, 3.05) is 18.5 Å². The van der Waals surface area contributed by atoms with Gasteiger partial charge in [0, 0.05) is 17.9 Å². The number of anilines is 1. The first-order chi connectivity index (χ1) is 9.56. The second kappa shape index (κ2) is 8.43. The maximum Gasteiger partial charge on any atom is 0.411 e. The van der Waals surface area contributed by atoms with Crippen molar-refractivity contribution in [3.63, 3.8) is 0 Å². The van der Waals surface area contributed by atoms with Gasteiger partial charge in [-0.3, -0.25) is 5.32 Å². The van der Waals surface area contributed by atoms with Crippen LogP contribution in [0.4, 0.5) is 10.5 Å². The summed E-state index contributed by atoms with van der Waals surface area (Å²) in [5.74, 6) is 0.767. The van der Waals surface area contributed by atoms with E-state index in [-0.39, 0.29) is 6.10 Å². The Morgan fingerprint density at radius 1 is 1.25 bits per heavy atom. The molecule has 1 amide bonds. The van der Waals surface area contributed by atoms with E-state index in [0.29, 0.717) is 25.5 Å². The Hall–Kier alpha value is -1.75. The molecule has 0 radical (unpaired) electrons. The number of hydrogen-bond acceptors (Lipinski definition) is 4. The third-order valence-electron chi connectivity index (χ3n) is 2.41. The Balaban J connectivity index is 2.79. The van der Waals surface area contributed by atoms with Crippen molar-refractivity contribution in [1.82, 2.24) is 0 Å². The van der Waals surface area contributed by atoms with Gasteiger partial charge in [0.05, 0.1) is 19.3 Å². The molecule has 0 spiro atoms. The van der Waals surface area contributed by atoms with E-state index in [1.165, 1.54) is 0 Å². The summed E-state index contributed by atoms with van der Waals surface area (Å²) in [5, 5.41) is 2.69. The molecule has 0 fully saturated rings. The van der Waals surface area contributed by atoms with Crippen molar-refractivity contribution in [3.8, 4) is 5.75 Å². The molecule has 0 atom stereocenters. The minimum absolute atomic E-state index is 0.152. The molecule has 0 aliphatic carbocycles. The van der Waals surface area contributed by atoms with E-state index in [9.17, 15) is 4.79 Å². The van der Waals surface area contributed by atoms with Gasteiger partial charge in [0.1, 0.15) is 5.75 Å². The lowest BCUT2D eigenvalue weighted by Gasteiger charge is -2.13. The summed E-state index contributed by atoms with van der Waals surface area (Å²) in [6.07, 6.45) is -0.618. The number of hydrogen-bond donors (Lipinski definition) is 1. The summed E-state index contributed by atoms with van der Waals surface area (Å²) < 4.78 is 16.0. The zero-order valence-electron chi connectivity index (χ0n) is 12.6. The normalized spacial score (nSPS) is 10.4. The van der Waals surface area contributed by atoms with Gasteiger partial charge in [-0.05, 0) is 45.9 Å². The van der Waals surface area contributed by atoms with Gasteiger partial charge in [0.15, 0.2) is 0 Å². The standard InChI is InChI=1S/C15H23NO4/c1-5-18-10-12-9-13(7-8-14(12)19-6-2)16-15(17)20-11(3)4/h7-9,11H,5-6,10H2,1-4H3,(H,16,17). The summed E-state index contributed by atoms with van der Waals surface area (Å²) in [6.45, 7) is 9.12. The first-order valence-corrected chi connectivity index (χ1v) is 6.87. The van der Waals surface area contributed by atoms with Gasteiger partial charge in [-0.1, -0.05) is 0 Å². The first kappa shape index (κ1) is 16.3. The van der Waals surface area contributed by atoms with E-state index >= 15 is 0 Å². The van der Waals surface area contributed by atoms with Gasteiger partial charge in [0.25, 0.3) is 0 Å². The maximum absolute atomic E-state index is 11.6. The lowest BCUT2D eigenvalue weighted by atomic mass is 10.2. The van der Waals surface area contributed by atoms with Crippen LogP contribution in [0, 0.1) is 0 Å². The van der Waals surface area contributed by atoms with Crippen LogP contribution in [0.15, 0.2) is 18.2 Å². The number of carbonyl (C=O) groups excluding carboxylic acids is 1. The highest BCUT2D eigenvalue weighted by molar-refractivity contribution is 5.85. The second-order valence-electron chi connectivity index (χ2n) is 4.47. The predicted octanol–water partition coefficient (Wildman–Crippen LogP) is 3.58. The molecule has 1 aromatic carbocycles. The van der Waals surface area contributed by atoms with Crippen molar-refractivity contribution in [1.29, 1.82) is 0 Å². The van der Waals surface area contributed by atoms with E-state index in [2.05, 4.69) is 5.32 Å². The number of ether oxygens (including phenoxy) is 3. The molecule has 20 heavy (non-hydrogen) atoms. The highest BCUT2D eigenvalue weighted by atomic mass is 16.6. The lowest BCUT2D eigenvalue weighted by Crippen LogP contribution is -2.18. The minimum Gasteiger partial charge on any atom is -0.494 e. The SMILES string of the molecule is CCOCc1cc(NC(=O)OC(C)C)ccc1OCC. The van der Waals surface area contributed by atoms with Gasteiger partial charge < -0.3 is 14.2 Å². The molecule has 1 rings (SSSR count). The summed E-state index contributed by atoms with van der Waals surface area (Å²) in [6, 6.07) is 5.44. The molecular formula is C15H23NO4. The van der Waals surface area contributed by atoms with E-state index in [0.717, 1.165) is 11.3 Å². The Morgan fingerprint density at radius 3 is 2.60 bits per heavy atom. The Bertz CT molecular complexity index is 432. The van der Waals surface area contributed by atoms with E-state index in [1.807, 2.05) is 26.0 Å². The summed E-state index contributed by atoms with van der Waals surface area (Å²) in [5.41, 5.74) is 1.56. The number of amides is 1. The largest absolute Gasteiger partial charge is 0.494 e. The number of rotatable bonds is 7. The van der Waals surface area contributed by atoms with Crippen molar-refractivity contribution in [3.05, 3.63) is 23.8 Å². The van der Waals surface area contributed by atoms with Crippen LogP contribution in [0.5, 0.6) is 5.75 Å². The fourth-order valence-electron chi connectivity index (χ4n) is 1.64. The molecule has 0 unspecified atom stereocenters. The fourth-order valence-corrected chi connectivity index (χ4v) is 1.64. The van der Waals surface area contributed by atoms with Crippen LogP contribution < -0.4 is 10.1 Å². The zero-order valence-corrected chi connectivity index (χ0v) is 12.6. The number of benzene rings is 1. The van der Waals surface area contributed by atoms with Crippen LogP contribution in [0.25, 0.3) is 0 Å². The molecule has 112 valence electrons. The minimum atomic E-state index is -0.466. The summed E-state index contributed by atoms with van der Waals surface area (Å²) in [7, 11) is 0. The topological polar surface area (TPSA) is 56.8 Å². The van der Waals surface area contributed by atoms with Crippen LogP contribution in [-0.2, 0) is 16.1 Å². The molecule has 1 aromatic rings. The van der Waals surface area contributed by atoms with Gasteiger partial charge in [-0.25, -0.2) is 4.79 Å². The van der Waals surface area contributed by atoms with Crippen LogP contribution in [-0.4, -0.2) is 25.4 Å². The maximum atomic E-state index is 11.6. The van der Waals surface area contributed by atoms with Gasteiger partial charge >= 0.3 is 6.09 Å². The Labute approximate surface area is 120 Å². The zero-order chi connectivity index (χ0) is 15.0. The molecule has 0 saturated carbocycles. The monoisotopic (exact) mass is 281 g/mol. The molecule has 5 heteroatoms. The van der Waals surface area contributed by atoms with Crippen molar-refractivity contribution in [2.24, 2.45) is 0 Å². The predicted molar refractivity (Wildman–Crippen MR) is 78.2 cm³/mol. The summed E-state index contributed by atoms with van der Waals surface area (Å²) in [4.78, 5) is 11.6. The molecule has 0 aromatic heterocycles. The van der Waals surface area contributed by atoms with Crippen LogP contribution >= 0.6 is 0 Å². The Kier molecular flexibility index (Phi) is 6.87. The van der Waals surface area contributed by atoms with Crippen LogP contribution in [0.2, 0.25) is 0 Å². The van der Waals surface area contributed by atoms with Crippen LogP contribution in [0.3, 0.4) is 0 Å². The van der Waals surface area contributed by atoms with E-state index in [1.54, 1.807) is 19.9 Å². The third kappa shape index (κ3) is 5.48. The van der Waals surface area contributed by atoms with E-state index in [4.69, 9.17) is 14.2 Å². The molecule has 0 heterocycles. The van der Waals surface area contributed by atoms with Crippen molar-refractivity contribution in [2.45, 2.75) is 40.4 Å². The number of nitrogens with one attached hydrogen (secondary N) is 1. The lowest BCUT2D eigenvalue weighted by molar-refractivity contribution is 0.129.